The van der Waals surface area contributed by atoms with E-state index in [4.69, 9.17) is 4.42 Å². The Hall–Kier alpha value is -2.66. The lowest BCUT2D eigenvalue weighted by atomic mass is 10.1. The first-order valence-electron chi connectivity index (χ1n) is 9.10. The molecule has 1 N–H and O–H groups in total. The van der Waals surface area contributed by atoms with Crippen molar-refractivity contribution < 1.29 is 26.0 Å². The van der Waals surface area contributed by atoms with E-state index in [2.05, 4.69) is 10.3 Å². The SMILES string of the molecule is CS(=O)(=O)CCNCCCn1c(=O)oc2ccc(-c3ccc(C(F)(F)F)cn3)cc21. The Morgan fingerprint density at radius 3 is 2.57 bits per heavy atom. The molecule has 7 nitrogen and oxygen atoms in total. The van der Waals surface area contributed by atoms with Gasteiger partial charge in [-0.2, -0.15) is 13.2 Å². The van der Waals surface area contributed by atoms with Gasteiger partial charge in [-0.3, -0.25) is 9.55 Å². The Labute approximate surface area is 170 Å². The average Bonchev–Trinajstić information content (AvgIpc) is 2.97. The van der Waals surface area contributed by atoms with Crippen molar-refractivity contribution >= 4 is 20.9 Å². The third-order valence-electron chi connectivity index (χ3n) is 4.44. The van der Waals surface area contributed by atoms with E-state index in [0.29, 0.717) is 48.4 Å². The van der Waals surface area contributed by atoms with Crippen molar-refractivity contribution in [3.8, 4) is 11.3 Å². The van der Waals surface area contributed by atoms with Crippen LogP contribution in [0.2, 0.25) is 0 Å². The molecular formula is C19H20F3N3O4S. The Morgan fingerprint density at radius 2 is 1.93 bits per heavy atom. The number of hydrogen-bond donors (Lipinski definition) is 1. The summed E-state index contributed by atoms with van der Waals surface area (Å²) in [7, 11) is -3.03. The fraction of sp³-hybridized carbons (Fsp3) is 0.368. The predicted molar refractivity (Wildman–Crippen MR) is 106 cm³/mol. The number of nitrogens with zero attached hydrogens (tertiary/aromatic N) is 2. The summed E-state index contributed by atoms with van der Waals surface area (Å²) in [6.45, 7) is 1.17. The Kier molecular flexibility index (Phi) is 6.32. The minimum Gasteiger partial charge on any atom is -0.408 e. The molecule has 2 heterocycles. The molecule has 0 unspecified atom stereocenters. The smallest absolute Gasteiger partial charge is 0.408 e. The number of oxazole rings is 1. The van der Waals surface area contributed by atoms with Crippen molar-refractivity contribution in [1.82, 2.24) is 14.9 Å². The molecule has 0 saturated carbocycles. The quantitative estimate of drug-likeness (QED) is 0.538. The summed E-state index contributed by atoms with van der Waals surface area (Å²) < 4.78 is 67.0. The Morgan fingerprint density at radius 1 is 1.17 bits per heavy atom. The monoisotopic (exact) mass is 443 g/mol. The lowest BCUT2D eigenvalue weighted by Crippen LogP contribution is -2.25. The van der Waals surface area contributed by atoms with Gasteiger partial charge in [-0.1, -0.05) is 0 Å². The van der Waals surface area contributed by atoms with Gasteiger partial charge >= 0.3 is 11.9 Å². The van der Waals surface area contributed by atoms with Gasteiger partial charge in [-0.25, -0.2) is 13.2 Å². The van der Waals surface area contributed by atoms with Crippen LogP contribution in [0.15, 0.2) is 45.7 Å². The van der Waals surface area contributed by atoms with Crippen molar-refractivity contribution in [3.05, 3.63) is 52.6 Å². The van der Waals surface area contributed by atoms with E-state index in [9.17, 15) is 26.4 Å². The molecule has 0 amide bonds. The van der Waals surface area contributed by atoms with Gasteiger partial charge in [0.1, 0.15) is 9.84 Å². The van der Waals surface area contributed by atoms with E-state index in [0.717, 1.165) is 18.5 Å². The van der Waals surface area contributed by atoms with E-state index in [1.807, 2.05) is 0 Å². The number of aryl methyl sites for hydroxylation is 1. The van der Waals surface area contributed by atoms with Gasteiger partial charge in [0, 0.05) is 31.1 Å². The second-order valence-corrected chi connectivity index (χ2v) is 9.13. The number of halogens is 3. The van der Waals surface area contributed by atoms with Crippen molar-refractivity contribution in [2.24, 2.45) is 0 Å². The molecule has 1 aromatic carbocycles. The second-order valence-electron chi connectivity index (χ2n) is 6.87. The molecule has 0 radical (unpaired) electrons. The maximum Gasteiger partial charge on any atom is 0.419 e. The zero-order chi connectivity index (χ0) is 21.9. The molecule has 0 spiro atoms. The second kappa shape index (κ2) is 8.60. The number of hydrogen-bond acceptors (Lipinski definition) is 6. The summed E-state index contributed by atoms with van der Waals surface area (Å²) in [6.07, 6.45) is -1.98. The summed E-state index contributed by atoms with van der Waals surface area (Å²) in [5.74, 6) is -0.510. The molecule has 0 atom stereocenters. The molecule has 0 aliphatic rings. The molecule has 2 aromatic heterocycles. The highest BCUT2D eigenvalue weighted by Gasteiger charge is 2.30. The fourth-order valence-electron chi connectivity index (χ4n) is 2.91. The molecule has 0 aliphatic heterocycles. The van der Waals surface area contributed by atoms with Crippen molar-refractivity contribution in [2.45, 2.75) is 19.1 Å². The zero-order valence-electron chi connectivity index (χ0n) is 16.1. The van der Waals surface area contributed by atoms with Crippen molar-refractivity contribution in [2.75, 3.05) is 25.1 Å². The Balaban J connectivity index is 1.74. The molecule has 0 fully saturated rings. The maximum absolute atomic E-state index is 12.7. The fourth-order valence-corrected chi connectivity index (χ4v) is 3.43. The predicted octanol–water partition coefficient (Wildman–Crippen LogP) is 2.70. The largest absolute Gasteiger partial charge is 0.419 e. The van der Waals surface area contributed by atoms with Crippen LogP contribution in [0.4, 0.5) is 13.2 Å². The van der Waals surface area contributed by atoms with Gasteiger partial charge in [0.15, 0.2) is 5.58 Å². The molecule has 0 saturated heterocycles. The molecule has 162 valence electrons. The molecule has 3 rings (SSSR count). The molecule has 0 bridgehead atoms. The van der Waals surface area contributed by atoms with Crippen LogP contribution in [0.25, 0.3) is 22.4 Å². The third-order valence-corrected chi connectivity index (χ3v) is 5.38. The molecule has 30 heavy (non-hydrogen) atoms. The number of alkyl halides is 3. The summed E-state index contributed by atoms with van der Waals surface area (Å²) in [5, 5.41) is 3.00. The topological polar surface area (TPSA) is 94.2 Å². The van der Waals surface area contributed by atoms with Crippen molar-refractivity contribution in [3.63, 3.8) is 0 Å². The maximum atomic E-state index is 12.7. The summed E-state index contributed by atoms with van der Waals surface area (Å²) in [4.78, 5) is 16.0. The van der Waals surface area contributed by atoms with Crippen LogP contribution in [0, 0.1) is 0 Å². The van der Waals surface area contributed by atoms with Crippen LogP contribution < -0.4 is 11.1 Å². The van der Waals surface area contributed by atoms with E-state index in [1.165, 1.54) is 10.6 Å². The number of benzene rings is 1. The van der Waals surface area contributed by atoms with E-state index in [1.54, 1.807) is 18.2 Å². The van der Waals surface area contributed by atoms with Crippen molar-refractivity contribution in [1.29, 1.82) is 0 Å². The summed E-state index contributed by atoms with van der Waals surface area (Å²) in [6, 6.07) is 7.08. The minimum atomic E-state index is -4.46. The number of aromatic nitrogens is 2. The summed E-state index contributed by atoms with van der Waals surface area (Å²) >= 11 is 0. The molecular weight excluding hydrogens is 423 g/mol. The average molecular weight is 443 g/mol. The van der Waals surface area contributed by atoms with Gasteiger partial charge < -0.3 is 9.73 Å². The van der Waals surface area contributed by atoms with Gasteiger partial charge in [0.25, 0.3) is 0 Å². The number of sulfone groups is 1. The van der Waals surface area contributed by atoms with E-state index in [-0.39, 0.29) is 5.75 Å². The normalized spacial score (nSPS) is 12.5. The highest BCUT2D eigenvalue weighted by Crippen LogP contribution is 2.30. The first-order chi connectivity index (χ1) is 14.0. The minimum absolute atomic E-state index is 0.0328. The van der Waals surface area contributed by atoms with Gasteiger partial charge in [-0.05, 0) is 43.3 Å². The summed E-state index contributed by atoms with van der Waals surface area (Å²) in [5.41, 5.74) is 0.927. The zero-order valence-corrected chi connectivity index (χ0v) is 16.9. The molecule has 0 aliphatic carbocycles. The Bertz CT molecular complexity index is 1180. The van der Waals surface area contributed by atoms with Crippen LogP contribution >= 0.6 is 0 Å². The highest BCUT2D eigenvalue weighted by molar-refractivity contribution is 7.90. The van der Waals surface area contributed by atoms with Crippen LogP contribution in [-0.2, 0) is 22.6 Å². The van der Waals surface area contributed by atoms with E-state index >= 15 is 0 Å². The highest BCUT2D eigenvalue weighted by atomic mass is 32.2. The van der Waals surface area contributed by atoms with Gasteiger partial charge in [-0.15, -0.1) is 0 Å². The first kappa shape index (κ1) is 22.0. The molecule has 3 aromatic rings. The van der Waals surface area contributed by atoms with Crippen LogP contribution in [0.3, 0.4) is 0 Å². The first-order valence-corrected chi connectivity index (χ1v) is 11.2. The van der Waals surface area contributed by atoms with E-state index < -0.39 is 27.3 Å². The molecule has 11 heteroatoms. The van der Waals surface area contributed by atoms with Crippen LogP contribution in [-0.4, -0.2) is 43.1 Å². The number of fused-ring (bicyclic) bond motifs is 1. The number of rotatable bonds is 8. The number of nitrogens with one attached hydrogen (secondary N) is 1. The van der Waals surface area contributed by atoms with Gasteiger partial charge in [0.2, 0.25) is 0 Å². The van der Waals surface area contributed by atoms with Gasteiger partial charge in [0.05, 0.1) is 22.5 Å². The lowest BCUT2D eigenvalue weighted by molar-refractivity contribution is -0.137. The lowest BCUT2D eigenvalue weighted by Gasteiger charge is -2.08. The van der Waals surface area contributed by atoms with Crippen LogP contribution in [0.1, 0.15) is 12.0 Å². The third kappa shape index (κ3) is 5.48. The number of pyridine rings is 1. The standard InChI is InChI=1S/C19H20F3N3O4S/c1-30(27,28)10-8-23-7-2-9-25-16-11-13(3-6-17(16)29-18(25)26)15-5-4-14(12-24-15)19(20,21)22/h3-6,11-12,23H,2,7-10H2,1H3. The van der Waals surface area contributed by atoms with Crippen LogP contribution in [0.5, 0.6) is 0 Å².